The highest BCUT2D eigenvalue weighted by Gasteiger charge is 2.27. The Bertz CT molecular complexity index is 901. The minimum Gasteiger partial charge on any atom is -0.508 e. The predicted molar refractivity (Wildman–Crippen MR) is 117 cm³/mol. The Kier molecular flexibility index (Phi) is 5.46. The van der Waals surface area contributed by atoms with Crippen LogP contribution < -0.4 is 0 Å². The maximum Gasteiger partial charge on any atom is 0.336 e. The molecule has 0 saturated carbocycles. The summed E-state index contributed by atoms with van der Waals surface area (Å²) in [5.74, 6) is -0.854. The molecule has 3 nitrogen and oxygen atoms in total. The zero-order valence-corrected chi connectivity index (χ0v) is 18.7. The molecule has 0 aliphatic rings. The van der Waals surface area contributed by atoms with Crippen molar-refractivity contribution in [2.45, 2.75) is 78.6 Å². The fourth-order valence-electron chi connectivity index (χ4n) is 3.45. The fourth-order valence-corrected chi connectivity index (χ4v) is 3.45. The quantitative estimate of drug-likeness (QED) is 0.611. The van der Waals surface area contributed by atoms with E-state index in [4.69, 9.17) is 0 Å². The number of phenolic OH excluding ortho intramolecular Hbond substituents is 1. The molecule has 2 N–H and O–H groups in total. The summed E-state index contributed by atoms with van der Waals surface area (Å²) in [5.41, 5.74) is 4.01. The molecule has 0 atom stereocenters. The number of phenols is 1. The summed E-state index contributed by atoms with van der Waals surface area (Å²) in [4.78, 5) is 12.1. The highest BCUT2D eigenvalue weighted by Crippen LogP contribution is 2.41. The maximum absolute atomic E-state index is 12.1. The van der Waals surface area contributed by atoms with Crippen LogP contribution in [0.5, 0.6) is 5.75 Å². The first-order chi connectivity index (χ1) is 12.5. The van der Waals surface area contributed by atoms with E-state index in [1.807, 2.05) is 26.8 Å². The van der Waals surface area contributed by atoms with E-state index < -0.39 is 5.97 Å². The lowest BCUT2D eigenvalue weighted by molar-refractivity contribution is 0.0697. The van der Waals surface area contributed by atoms with Crippen molar-refractivity contribution in [1.82, 2.24) is 0 Å². The van der Waals surface area contributed by atoms with Gasteiger partial charge in [0, 0.05) is 11.1 Å². The lowest BCUT2D eigenvalue weighted by Gasteiger charge is -2.29. The van der Waals surface area contributed by atoms with Gasteiger partial charge in [0.15, 0.2) is 0 Å². The van der Waals surface area contributed by atoms with E-state index in [0.29, 0.717) is 11.1 Å². The van der Waals surface area contributed by atoms with Crippen molar-refractivity contribution in [3.8, 4) is 16.9 Å². The van der Waals surface area contributed by atoms with E-state index in [9.17, 15) is 15.0 Å². The number of carboxylic acids is 1. The standard InChI is InChI=1S/C25H34O3/c1-23(2,3)15-10-11-16(19(12-15)24(4,5)6)17-14-21(26)20(25(7,8)9)13-18(17)22(27)28/h10-14,26H,1-9H3,(H,27,28). The molecule has 28 heavy (non-hydrogen) atoms. The van der Waals surface area contributed by atoms with Gasteiger partial charge in [-0.2, -0.15) is 0 Å². The molecule has 0 saturated heterocycles. The van der Waals surface area contributed by atoms with Crippen LogP contribution in [0.3, 0.4) is 0 Å². The van der Waals surface area contributed by atoms with Crippen LogP contribution in [0.15, 0.2) is 30.3 Å². The van der Waals surface area contributed by atoms with E-state index in [0.717, 1.165) is 11.1 Å². The Balaban J connectivity index is 2.88. The van der Waals surface area contributed by atoms with Gasteiger partial charge in [0.05, 0.1) is 5.56 Å². The molecule has 152 valence electrons. The van der Waals surface area contributed by atoms with Crippen molar-refractivity contribution in [3.63, 3.8) is 0 Å². The number of benzene rings is 2. The van der Waals surface area contributed by atoms with Crippen molar-refractivity contribution >= 4 is 5.97 Å². The van der Waals surface area contributed by atoms with Crippen molar-refractivity contribution in [3.05, 3.63) is 52.6 Å². The monoisotopic (exact) mass is 382 g/mol. The van der Waals surface area contributed by atoms with E-state index in [2.05, 4.69) is 53.7 Å². The van der Waals surface area contributed by atoms with Gasteiger partial charge in [-0.3, -0.25) is 0 Å². The summed E-state index contributed by atoms with van der Waals surface area (Å²) in [7, 11) is 0. The van der Waals surface area contributed by atoms with Gasteiger partial charge in [0.1, 0.15) is 5.75 Å². The molecule has 0 aliphatic heterocycles. The Morgan fingerprint density at radius 3 is 1.68 bits per heavy atom. The van der Waals surface area contributed by atoms with Gasteiger partial charge >= 0.3 is 5.97 Å². The highest BCUT2D eigenvalue weighted by molar-refractivity contribution is 5.97. The highest BCUT2D eigenvalue weighted by atomic mass is 16.4. The molecule has 0 amide bonds. The smallest absolute Gasteiger partial charge is 0.336 e. The third kappa shape index (κ3) is 4.40. The average molecular weight is 383 g/mol. The Labute approximate surface area is 169 Å². The van der Waals surface area contributed by atoms with Crippen molar-refractivity contribution < 1.29 is 15.0 Å². The number of rotatable bonds is 2. The predicted octanol–water partition coefficient (Wildman–Crippen LogP) is 6.65. The molecule has 2 aromatic carbocycles. The third-order valence-electron chi connectivity index (χ3n) is 5.16. The summed E-state index contributed by atoms with van der Waals surface area (Å²) in [6.45, 7) is 18.8. The van der Waals surface area contributed by atoms with Crippen molar-refractivity contribution in [2.75, 3.05) is 0 Å². The largest absolute Gasteiger partial charge is 0.508 e. The summed E-state index contributed by atoms with van der Waals surface area (Å²) in [5, 5.41) is 20.6. The van der Waals surface area contributed by atoms with E-state index in [-0.39, 0.29) is 27.6 Å². The maximum atomic E-state index is 12.1. The van der Waals surface area contributed by atoms with Gasteiger partial charge in [-0.05, 0) is 45.1 Å². The summed E-state index contributed by atoms with van der Waals surface area (Å²) in [6, 6.07) is 9.47. The van der Waals surface area contributed by atoms with Crippen LogP contribution in [0.1, 0.15) is 89.4 Å². The molecule has 0 heterocycles. The van der Waals surface area contributed by atoms with Gasteiger partial charge in [-0.25, -0.2) is 4.79 Å². The Morgan fingerprint density at radius 2 is 1.25 bits per heavy atom. The van der Waals surface area contributed by atoms with Crippen LogP contribution in [0.4, 0.5) is 0 Å². The number of aromatic carboxylic acids is 1. The van der Waals surface area contributed by atoms with Crippen LogP contribution in [-0.4, -0.2) is 16.2 Å². The number of aromatic hydroxyl groups is 1. The van der Waals surface area contributed by atoms with Crippen LogP contribution in [0.25, 0.3) is 11.1 Å². The van der Waals surface area contributed by atoms with Crippen LogP contribution in [0, 0.1) is 0 Å². The second kappa shape index (κ2) is 6.95. The molecule has 0 fully saturated rings. The summed E-state index contributed by atoms with van der Waals surface area (Å²) >= 11 is 0. The lowest BCUT2D eigenvalue weighted by atomic mass is 9.76. The summed E-state index contributed by atoms with van der Waals surface area (Å²) < 4.78 is 0. The van der Waals surface area contributed by atoms with Crippen LogP contribution in [-0.2, 0) is 16.2 Å². The topological polar surface area (TPSA) is 57.5 Å². The number of hydrogen-bond acceptors (Lipinski definition) is 2. The second-order valence-electron chi connectivity index (χ2n) is 10.7. The zero-order valence-electron chi connectivity index (χ0n) is 18.7. The average Bonchev–Trinajstić information content (AvgIpc) is 2.50. The van der Waals surface area contributed by atoms with Gasteiger partial charge in [0.2, 0.25) is 0 Å². The number of carbonyl (C=O) groups is 1. The number of carboxylic acid groups (broad SMARTS) is 1. The van der Waals surface area contributed by atoms with Crippen LogP contribution >= 0.6 is 0 Å². The SMILES string of the molecule is CC(C)(C)c1ccc(-c2cc(O)c(C(C)(C)C)cc2C(=O)O)c(C(C)(C)C)c1. The minimum absolute atomic E-state index is 0.00755. The number of hydrogen-bond donors (Lipinski definition) is 2. The molecule has 2 rings (SSSR count). The van der Waals surface area contributed by atoms with E-state index in [1.54, 1.807) is 12.1 Å². The molecule has 0 unspecified atom stereocenters. The van der Waals surface area contributed by atoms with Gasteiger partial charge < -0.3 is 10.2 Å². The van der Waals surface area contributed by atoms with Crippen molar-refractivity contribution in [1.29, 1.82) is 0 Å². The first kappa shape index (κ1) is 22.0. The molecular weight excluding hydrogens is 348 g/mol. The molecule has 0 aromatic heterocycles. The molecule has 3 heteroatoms. The van der Waals surface area contributed by atoms with Gasteiger partial charge in [-0.15, -0.1) is 0 Å². The normalized spacial score (nSPS) is 12.9. The summed E-state index contributed by atoms with van der Waals surface area (Å²) in [6.07, 6.45) is 0. The molecule has 2 aromatic rings. The third-order valence-corrected chi connectivity index (χ3v) is 5.16. The molecule has 0 radical (unpaired) electrons. The van der Waals surface area contributed by atoms with Crippen molar-refractivity contribution in [2.24, 2.45) is 0 Å². The molecule has 0 bridgehead atoms. The minimum atomic E-state index is -0.986. The van der Waals surface area contributed by atoms with E-state index >= 15 is 0 Å². The first-order valence-corrected chi connectivity index (χ1v) is 9.79. The zero-order chi connectivity index (χ0) is 21.7. The van der Waals surface area contributed by atoms with Gasteiger partial charge in [0.25, 0.3) is 0 Å². The molecule has 0 aliphatic carbocycles. The van der Waals surface area contributed by atoms with Crippen LogP contribution in [0.2, 0.25) is 0 Å². The Hall–Kier alpha value is -2.29. The van der Waals surface area contributed by atoms with E-state index in [1.165, 1.54) is 5.56 Å². The molecular formula is C25H34O3. The second-order valence-corrected chi connectivity index (χ2v) is 10.7. The fraction of sp³-hybridized carbons (Fsp3) is 0.480. The first-order valence-electron chi connectivity index (χ1n) is 9.79. The lowest BCUT2D eigenvalue weighted by Crippen LogP contribution is -2.18. The molecule has 0 spiro atoms. The Morgan fingerprint density at radius 1 is 0.714 bits per heavy atom. The van der Waals surface area contributed by atoms with Gasteiger partial charge in [-0.1, -0.05) is 80.5 Å².